The molecule has 1 aromatic carbocycles. The van der Waals surface area contributed by atoms with E-state index in [0.29, 0.717) is 0 Å². The Morgan fingerprint density at radius 2 is 2.16 bits per heavy atom. The summed E-state index contributed by atoms with van der Waals surface area (Å²) < 4.78 is 18.4. The third-order valence-corrected chi connectivity index (χ3v) is 4.45. The summed E-state index contributed by atoms with van der Waals surface area (Å²) in [7, 11) is 3.38. The fourth-order valence-electron chi connectivity index (χ4n) is 1.86. The van der Waals surface area contributed by atoms with Gasteiger partial charge in [0.1, 0.15) is 5.01 Å². The van der Waals surface area contributed by atoms with Crippen LogP contribution in [0.5, 0.6) is 5.75 Å². The maximum absolute atomic E-state index is 13.4. The van der Waals surface area contributed by atoms with E-state index in [1.165, 1.54) is 18.1 Å². The van der Waals surface area contributed by atoms with Gasteiger partial charge in [0.25, 0.3) is 0 Å². The molecule has 2 aromatic rings. The largest absolute Gasteiger partial charge is 0.494 e. The van der Waals surface area contributed by atoms with Crippen LogP contribution >= 0.6 is 11.3 Å². The van der Waals surface area contributed by atoms with Gasteiger partial charge in [-0.15, -0.1) is 11.3 Å². The Morgan fingerprint density at radius 1 is 1.42 bits per heavy atom. The highest BCUT2D eigenvalue weighted by molar-refractivity contribution is 7.15. The van der Waals surface area contributed by atoms with Crippen molar-refractivity contribution in [3.8, 4) is 16.3 Å². The fraction of sp³-hybridized carbons (Fsp3) is 0.357. The molecule has 0 bridgehead atoms. The molecule has 0 aliphatic rings. The van der Waals surface area contributed by atoms with Crippen LogP contribution in [0, 0.1) is 12.7 Å². The van der Waals surface area contributed by atoms with Gasteiger partial charge in [0.2, 0.25) is 0 Å². The van der Waals surface area contributed by atoms with Gasteiger partial charge in [-0.25, -0.2) is 9.37 Å². The lowest BCUT2D eigenvalue weighted by Crippen LogP contribution is -2.11. The smallest absolute Gasteiger partial charge is 0.165 e. The third kappa shape index (κ3) is 2.77. The molecule has 0 spiro atoms. The van der Waals surface area contributed by atoms with Crippen LogP contribution in [0.25, 0.3) is 10.6 Å². The number of nitrogens with zero attached hydrogens (tertiary/aromatic N) is 1. The van der Waals surface area contributed by atoms with Gasteiger partial charge in [0, 0.05) is 16.5 Å². The van der Waals surface area contributed by atoms with Gasteiger partial charge in [-0.2, -0.15) is 0 Å². The molecule has 1 heterocycles. The Hall–Kier alpha value is -1.46. The van der Waals surface area contributed by atoms with E-state index in [1.54, 1.807) is 23.5 Å². The lowest BCUT2D eigenvalue weighted by molar-refractivity contribution is 0.387. The monoisotopic (exact) mass is 280 g/mol. The number of thiazole rings is 1. The number of hydrogen-bond acceptors (Lipinski definition) is 4. The minimum atomic E-state index is -0.358. The zero-order valence-corrected chi connectivity index (χ0v) is 12.3. The van der Waals surface area contributed by atoms with Gasteiger partial charge in [0.15, 0.2) is 11.6 Å². The lowest BCUT2D eigenvalue weighted by atomic mass is 10.2. The minimum absolute atomic E-state index is 0.244. The molecule has 0 saturated carbocycles. The van der Waals surface area contributed by atoms with Crippen molar-refractivity contribution in [1.29, 1.82) is 0 Å². The number of benzene rings is 1. The Bertz CT molecular complexity index is 583. The standard InChI is InChI=1S/C14H17FN2OS/c1-8(16-3)13-9(2)17-14(19-13)10-5-6-11(15)12(7-10)18-4/h5-8,16H,1-4H3. The molecule has 0 amide bonds. The number of halogens is 1. The average Bonchev–Trinajstić information content (AvgIpc) is 2.80. The predicted molar refractivity (Wildman–Crippen MR) is 76.3 cm³/mol. The second-order valence-corrected chi connectivity index (χ2v) is 5.36. The molecular weight excluding hydrogens is 263 g/mol. The number of rotatable bonds is 4. The Morgan fingerprint density at radius 3 is 2.79 bits per heavy atom. The van der Waals surface area contributed by atoms with Crippen LogP contribution in [0.2, 0.25) is 0 Å². The van der Waals surface area contributed by atoms with Crippen molar-refractivity contribution in [2.75, 3.05) is 14.2 Å². The number of aromatic nitrogens is 1. The van der Waals surface area contributed by atoms with E-state index in [2.05, 4.69) is 17.2 Å². The van der Waals surface area contributed by atoms with E-state index >= 15 is 0 Å². The van der Waals surface area contributed by atoms with Gasteiger partial charge < -0.3 is 10.1 Å². The predicted octanol–water partition coefficient (Wildman–Crippen LogP) is 3.55. The minimum Gasteiger partial charge on any atom is -0.494 e. The molecule has 0 aliphatic heterocycles. The second-order valence-electron chi connectivity index (χ2n) is 4.33. The Labute approximate surface area is 116 Å². The zero-order chi connectivity index (χ0) is 14.0. The highest BCUT2D eigenvalue weighted by Gasteiger charge is 2.15. The molecule has 3 nitrogen and oxygen atoms in total. The summed E-state index contributed by atoms with van der Waals surface area (Å²) in [5.74, 6) is -0.114. The summed E-state index contributed by atoms with van der Waals surface area (Å²) >= 11 is 1.62. The maximum atomic E-state index is 13.4. The van der Waals surface area contributed by atoms with Gasteiger partial charge in [0.05, 0.1) is 12.8 Å². The first-order valence-electron chi connectivity index (χ1n) is 6.05. The molecule has 0 radical (unpaired) electrons. The van der Waals surface area contributed by atoms with E-state index in [9.17, 15) is 4.39 Å². The Balaban J connectivity index is 2.42. The van der Waals surface area contributed by atoms with E-state index < -0.39 is 0 Å². The van der Waals surface area contributed by atoms with Crippen molar-refractivity contribution >= 4 is 11.3 Å². The highest BCUT2D eigenvalue weighted by atomic mass is 32.1. The molecule has 5 heteroatoms. The topological polar surface area (TPSA) is 34.1 Å². The summed E-state index contributed by atoms with van der Waals surface area (Å²) in [6.45, 7) is 4.08. The van der Waals surface area contributed by atoms with Crippen molar-refractivity contribution in [2.24, 2.45) is 0 Å². The SMILES string of the molecule is CNC(C)c1sc(-c2ccc(F)c(OC)c2)nc1C. The molecule has 1 N–H and O–H groups in total. The molecular formula is C14H17FN2OS. The van der Waals surface area contributed by atoms with Gasteiger partial charge in [-0.05, 0) is 39.1 Å². The molecule has 2 rings (SSSR count). The van der Waals surface area contributed by atoms with Crippen LogP contribution in [-0.4, -0.2) is 19.1 Å². The van der Waals surface area contributed by atoms with Gasteiger partial charge in [-0.1, -0.05) is 0 Å². The average molecular weight is 280 g/mol. The van der Waals surface area contributed by atoms with Crippen molar-refractivity contribution < 1.29 is 9.13 Å². The molecule has 1 unspecified atom stereocenters. The first-order chi connectivity index (χ1) is 9.06. The number of nitrogens with one attached hydrogen (secondary N) is 1. The maximum Gasteiger partial charge on any atom is 0.165 e. The normalized spacial score (nSPS) is 12.5. The van der Waals surface area contributed by atoms with Crippen LogP contribution in [0.15, 0.2) is 18.2 Å². The van der Waals surface area contributed by atoms with Crippen LogP contribution in [0.1, 0.15) is 23.5 Å². The van der Waals surface area contributed by atoms with Crippen LogP contribution in [0.3, 0.4) is 0 Å². The zero-order valence-electron chi connectivity index (χ0n) is 11.5. The number of ether oxygens (including phenoxy) is 1. The van der Waals surface area contributed by atoms with Crippen LogP contribution in [0.4, 0.5) is 4.39 Å². The number of hydrogen-bond donors (Lipinski definition) is 1. The van der Waals surface area contributed by atoms with Gasteiger partial charge >= 0.3 is 0 Å². The molecule has 1 atom stereocenters. The van der Waals surface area contributed by atoms with E-state index in [1.807, 2.05) is 14.0 Å². The molecule has 0 saturated heterocycles. The van der Waals surface area contributed by atoms with Crippen molar-refractivity contribution in [3.63, 3.8) is 0 Å². The summed E-state index contributed by atoms with van der Waals surface area (Å²) in [6.07, 6.45) is 0. The van der Waals surface area contributed by atoms with Crippen LogP contribution in [-0.2, 0) is 0 Å². The summed E-state index contributed by atoms with van der Waals surface area (Å²) in [5, 5.41) is 4.09. The first kappa shape index (κ1) is 14.0. The van der Waals surface area contributed by atoms with E-state index in [0.717, 1.165) is 16.3 Å². The van der Waals surface area contributed by atoms with Crippen molar-refractivity contribution in [1.82, 2.24) is 10.3 Å². The molecule has 1 aromatic heterocycles. The summed E-state index contributed by atoms with van der Waals surface area (Å²) in [4.78, 5) is 5.75. The van der Waals surface area contributed by atoms with Crippen LogP contribution < -0.4 is 10.1 Å². The summed E-state index contributed by atoms with van der Waals surface area (Å²) in [5.41, 5.74) is 1.88. The molecule has 0 aliphatic carbocycles. The fourth-order valence-corrected chi connectivity index (χ4v) is 2.98. The summed E-state index contributed by atoms with van der Waals surface area (Å²) in [6, 6.07) is 5.07. The highest BCUT2D eigenvalue weighted by Crippen LogP contribution is 2.33. The lowest BCUT2D eigenvalue weighted by Gasteiger charge is -2.07. The molecule has 102 valence electrons. The first-order valence-corrected chi connectivity index (χ1v) is 6.87. The molecule has 0 fully saturated rings. The third-order valence-electron chi connectivity index (χ3n) is 3.06. The number of methoxy groups -OCH3 is 1. The van der Waals surface area contributed by atoms with E-state index in [-0.39, 0.29) is 17.6 Å². The second kappa shape index (κ2) is 5.67. The Kier molecular flexibility index (Phi) is 4.17. The van der Waals surface area contributed by atoms with Crippen molar-refractivity contribution in [2.45, 2.75) is 19.9 Å². The quantitative estimate of drug-likeness (QED) is 0.930. The molecule has 19 heavy (non-hydrogen) atoms. The van der Waals surface area contributed by atoms with E-state index in [4.69, 9.17) is 4.74 Å². The van der Waals surface area contributed by atoms with Crippen molar-refractivity contribution in [3.05, 3.63) is 34.6 Å². The van der Waals surface area contributed by atoms with Gasteiger partial charge in [-0.3, -0.25) is 0 Å². The number of aryl methyl sites for hydroxylation is 1.